The molecule has 0 aromatic carbocycles. The number of carboxylic acids is 1. The maximum atomic E-state index is 11.9. The van der Waals surface area contributed by atoms with Crippen LogP contribution in [-0.2, 0) is 14.3 Å². The zero-order valence-electron chi connectivity index (χ0n) is 10.1. The van der Waals surface area contributed by atoms with E-state index in [2.05, 4.69) is 0 Å². The Morgan fingerprint density at radius 3 is 2.21 bits per heavy atom. The molecular formula is C12H12Cl3O4-. The summed E-state index contributed by atoms with van der Waals surface area (Å²) in [7, 11) is 0. The fourth-order valence-electron chi connectivity index (χ4n) is 1.80. The molecule has 0 fully saturated rings. The Balaban J connectivity index is 2.74. The zero-order chi connectivity index (χ0) is 14.6. The van der Waals surface area contributed by atoms with Crippen molar-refractivity contribution in [1.82, 2.24) is 0 Å². The first-order chi connectivity index (χ1) is 8.84. The molecule has 106 valence electrons. The summed E-state index contributed by atoms with van der Waals surface area (Å²) in [5.74, 6) is -3.59. The second-order valence-electron chi connectivity index (χ2n) is 4.16. The van der Waals surface area contributed by atoms with Gasteiger partial charge in [-0.15, -0.1) is 0 Å². The molecule has 0 heterocycles. The van der Waals surface area contributed by atoms with Crippen LogP contribution in [0.1, 0.15) is 19.8 Å². The lowest BCUT2D eigenvalue weighted by Crippen LogP contribution is -2.41. The first-order valence-corrected chi connectivity index (χ1v) is 6.75. The summed E-state index contributed by atoms with van der Waals surface area (Å²) < 4.78 is 4.88. The largest absolute Gasteiger partial charge is 0.550 e. The second kappa shape index (κ2) is 7.17. The molecule has 0 bridgehead atoms. The van der Waals surface area contributed by atoms with E-state index < -0.39 is 29.9 Å². The molecule has 0 radical (unpaired) electrons. The summed E-state index contributed by atoms with van der Waals surface area (Å²) in [6, 6.07) is 0. The Labute approximate surface area is 126 Å². The molecule has 0 aromatic rings. The Hall–Kier alpha value is -0.710. The number of carboxylic acid groups (broad SMARTS) is 1. The van der Waals surface area contributed by atoms with Gasteiger partial charge in [-0.05, 0) is 19.8 Å². The van der Waals surface area contributed by atoms with Crippen LogP contribution in [0, 0.1) is 11.8 Å². The molecule has 0 amide bonds. The summed E-state index contributed by atoms with van der Waals surface area (Å²) in [5.41, 5.74) is 0. The minimum Gasteiger partial charge on any atom is -0.550 e. The number of halogens is 3. The average Bonchev–Trinajstić information content (AvgIpc) is 2.37. The van der Waals surface area contributed by atoms with Gasteiger partial charge in [0.2, 0.25) is 0 Å². The van der Waals surface area contributed by atoms with Crippen molar-refractivity contribution in [3.05, 3.63) is 21.7 Å². The van der Waals surface area contributed by atoms with Gasteiger partial charge in [0, 0.05) is 11.9 Å². The lowest BCUT2D eigenvalue weighted by Gasteiger charge is -2.28. The predicted octanol–water partition coefficient (Wildman–Crippen LogP) is 2.14. The van der Waals surface area contributed by atoms with Crippen LogP contribution < -0.4 is 5.11 Å². The zero-order valence-corrected chi connectivity index (χ0v) is 12.3. The van der Waals surface area contributed by atoms with Crippen LogP contribution in [0.3, 0.4) is 0 Å². The van der Waals surface area contributed by atoms with E-state index in [1.807, 2.05) is 0 Å². The summed E-state index contributed by atoms with van der Waals surface area (Å²) in [4.78, 5) is 22.9. The van der Waals surface area contributed by atoms with E-state index in [1.54, 1.807) is 12.2 Å². The van der Waals surface area contributed by atoms with Crippen molar-refractivity contribution in [2.24, 2.45) is 11.8 Å². The Bertz CT molecular complexity index is 427. The third kappa shape index (κ3) is 4.41. The van der Waals surface area contributed by atoms with Gasteiger partial charge in [-0.3, -0.25) is 4.79 Å². The molecule has 3 atom stereocenters. The topological polar surface area (TPSA) is 66.4 Å². The maximum Gasteiger partial charge on any atom is 0.310 e. The Morgan fingerprint density at radius 1 is 1.21 bits per heavy atom. The van der Waals surface area contributed by atoms with Gasteiger partial charge in [-0.25, -0.2) is 0 Å². The van der Waals surface area contributed by atoms with Gasteiger partial charge in [0.25, 0.3) is 0 Å². The lowest BCUT2D eigenvalue weighted by molar-refractivity contribution is -0.313. The van der Waals surface area contributed by atoms with Gasteiger partial charge in [-0.2, -0.15) is 0 Å². The highest BCUT2D eigenvalue weighted by Crippen LogP contribution is 2.29. The van der Waals surface area contributed by atoms with E-state index >= 15 is 0 Å². The number of rotatable bonds is 4. The molecule has 4 nitrogen and oxygen atoms in total. The normalized spacial score (nSPS) is 23.6. The highest BCUT2D eigenvalue weighted by Gasteiger charge is 2.32. The van der Waals surface area contributed by atoms with Crippen molar-refractivity contribution in [3.63, 3.8) is 0 Å². The number of allylic oxidation sites excluding steroid dienone is 2. The van der Waals surface area contributed by atoms with Gasteiger partial charge in [0.1, 0.15) is 10.6 Å². The van der Waals surface area contributed by atoms with E-state index in [0.29, 0.717) is 6.42 Å². The van der Waals surface area contributed by atoms with Crippen LogP contribution in [0.4, 0.5) is 0 Å². The van der Waals surface area contributed by atoms with Gasteiger partial charge in [0.05, 0.1) is 11.0 Å². The standard InChI is InChI=1S/C12H13Cl3O4/c1-6(9(13)10(14)15)19-12(18)8-5-3-2-4-7(8)11(16)17/h2-3,6-8H,4-5H2,1H3,(H,16,17)/p-1/t6-,7-,8+/m0/s1. The van der Waals surface area contributed by atoms with E-state index in [9.17, 15) is 14.7 Å². The summed E-state index contributed by atoms with van der Waals surface area (Å²) in [5, 5.41) is 11.0. The Morgan fingerprint density at radius 2 is 1.74 bits per heavy atom. The van der Waals surface area contributed by atoms with E-state index in [4.69, 9.17) is 39.5 Å². The molecular weight excluding hydrogens is 314 g/mol. The Kier molecular flexibility index (Phi) is 6.17. The number of aliphatic carboxylic acids is 1. The highest BCUT2D eigenvalue weighted by atomic mass is 35.5. The van der Waals surface area contributed by atoms with Crippen molar-refractivity contribution in [2.45, 2.75) is 25.9 Å². The third-order valence-corrected chi connectivity index (χ3v) is 3.97. The fourth-order valence-corrected chi connectivity index (χ4v) is 2.15. The summed E-state index contributed by atoms with van der Waals surface area (Å²) >= 11 is 16.7. The highest BCUT2D eigenvalue weighted by molar-refractivity contribution is 6.59. The molecule has 0 aromatic heterocycles. The average molecular weight is 327 g/mol. The van der Waals surface area contributed by atoms with E-state index in [1.165, 1.54) is 6.92 Å². The molecule has 0 N–H and O–H groups in total. The predicted molar refractivity (Wildman–Crippen MR) is 70.5 cm³/mol. The number of hydrogen-bond donors (Lipinski definition) is 0. The van der Waals surface area contributed by atoms with Crippen molar-refractivity contribution in [2.75, 3.05) is 0 Å². The van der Waals surface area contributed by atoms with Gasteiger partial charge >= 0.3 is 5.97 Å². The molecule has 0 saturated heterocycles. The van der Waals surface area contributed by atoms with E-state index in [0.717, 1.165) is 0 Å². The third-order valence-electron chi connectivity index (χ3n) is 2.87. The molecule has 1 aliphatic rings. The second-order valence-corrected chi connectivity index (χ2v) is 5.52. The van der Waals surface area contributed by atoms with Crippen LogP contribution in [-0.4, -0.2) is 18.0 Å². The quantitative estimate of drug-likeness (QED) is 0.586. The van der Waals surface area contributed by atoms with Crippen LogP contribution in [0.15, 0.2) is 21.7 Å². The van der Waals surface area contributed by atoms with Crippen molar-refractivity contribution < 1.29 is 19.4 Å². The number of hydrogen-bond acceptors (Lipinski definition) is 4. The van der Waals surface area contributed by atoms with Crippen LogP contribution in [0.5, 0.6) is 0 Å². The molecule has 0 spiro atoms. The lowest BCUT2D eigenvalue weighted by atomic mass is 9.83. The van der Waals surface area contributed by atoms with Crippen molar-refractivity contribution >= 4 is 46.7 Å². The number of carbonyl (C=O) groups is 2. The maximum absolute atomic E-state index is 11.9. The van der Waals surface area contributed by atoms with Gasteiger partial charge in [0.15, 0.2) is 0 Å². The first kappa shape index (κ1) is 16.3. The smallest absolute Gasteiger partial charge is 0.310 e. The molecule has 0 unspecified atom stereocenters. The summed E-state index contributed by atoms with van der Waals surface area (Å²) in [6.45, 7) is 1.50. The van der Waals surface area contributed by atoms with Crippen molar-refractivity contribution in [3.8, 4) is 0 Å². The number of ether oxygens (including phenoxy) is 1. The monoisotopic (exact) mass is 325 g/mol. The van der Waals surface area contributed by atoms with Crippen LogP contribution in [0.2, 0.25) is 0 Å². The van der Waals surface area contributed by atoms with Gasteiger partial charge in [-0.1, -0.05) is 47.0 Å². The van der Waals surface area contributed by atoms with Crippen LogP contribution in [0.25, 0.3) is 0 Å². The minimum absolute atomic E-state index is 0.00645. The molecule has 1 aliphatic carbocycles. The van der Waals surface area contributed by atoms with E-state index in [-0.39, 0.29) is 15.9 Å². The molecule has 19 heavy (non-hydrogen) atoms. The number of esters is 1. The SMILES string of the molecule is C[C@H](OC(=O)[C@@H]1CC=CC[C@@H]1C(=O)[O-])C(Cl)=C(Cl)Cl. The van der Waals surface area contributed by atoms with Gasteiger partial charge < -0.3 is 14.6 Å². The van der Waals surface area contributed by atoms with Crippen LogP contribution >= 0.6 is 34.8 Å². The summed E-state index contributed by atoms with van der Waals surface area (Å²) in [6.07, 6.45) is 3.15. The van der Waals surface area contributed by atoms with Crippen molar-refractivity contribution in [1.29, 1.82) is 0 Å². The molecule has 7 heteroatoms. The number of carbonyl (C=O) groups excluding carboxylic acids is 2. The molecule has 1 rings (SSSR count). The fraction of sp³-hybridized carbons (Fsp3) is 0.500. The minimum atomic E-state index is -1.27. The molecule has 0 saturated carbocycles. The molecule has 0 aliphatic heterocycles. The first-order valence-electron chi connectivity index (χ1n) is 5.61.